The number of nitrogens with one attached hydrogen (secondary N) is 2. The summed E-state index contributed by atoms with van der Waals surface area (Å²) in [6, 6.07) is 4.40. The topological polar surface area (TPSA) is 64.7 Å². The maximum absolute atomic E-state index is 12.0. The molecular weight excluding hydrogens is 336 g/mol. The third-order valence-corrected chi connectivity index (χ3v) is 6.04. The van der Waals surface area contributed by atoms with Gasteiger partial charge in [-0.3, -0.25) is 19.9 Å². The van der Waals surface area contributed by atoms with Gasteiger partial charge in [-0.25, -0.2) is 4.79 Å². The first kappa shape index (κ1) is 18.4. The number of piperazine rings is 1. The van der Waals surface area contributed by atoms with E-state index in [1.54, 1.807) is 11.3 Å². The van der Waals surface area contributed by atoms with E-state index in [9.17, 15) is 9.59 Å². The lowest BCUT2D eigenvalue weighted by Crippen LogP contribution is -2.52. The van der Waals surface area contributed by atoms with Crippen molar-refractivity contribution in [1.82, 2.24) is 20.4 Å². The maximum atomic E-state index is 12.0. The Morgan fingerprint density at radius 1 is 1.16 bits per heavy atom. The lowest BCUT2D eigenvalue weighted by Gasteiger charge is -2.37. The van der Waals surface area contributed by atoms with Gasteiger partial charge in [0.25, 0.3) is 0 Å². The van der Waals surface area contributed by atoms with Crippen LogP contribution in [0.25, 0.3) is 0 Å². The number of thiophene rings is 1. The van der Waals surface area contributed by atoms with E-state index in [-0.39, 0.29) is 5.91 Å². The fourth-order valence-corrected chi connectivity index (χ4v) is 4.43. The predicted molar refractivity (Wildman–Crippen MR) is 99.8 cm³/mol. The van der Waals surface area contributed by atoms with E-state index in [0.717, 1.165) is 38.6 Å². The predicted octanol–water partition coefficient (Wildman–Crippen LogP) is 1.68. The molecule has 3 rings (SSSR count). The first-order chi connectivity index (χ1) is 12.2. The highest BCUT2D eigenvalue weighted by Crippen LogP contribution is 2.24. The molecule has 1 aliphatic heterocycles. The van der Waals surface area contributed by atoms with Gasteiger partial charge in [0.05, 0.1) is 6.54 Å². The van der Waals surface area contributed by atoms with Crippen LogP contribution in [0.4, 0.5) is 4.79 Å². The van der Waals surface area contributed by atoms with Crippen LogP contribution in [0.2, 0.25) is 0 Å². The minimum absolute atomic E-state index is 0.220. The van der Waals surface area contributed by atoms with E-state index < -0.39 is 6.03 Å². The molecule has 7 heteroatoms. The Kier molecular flexibility index (Phi) is 6.84. The highest BCUT2D eigenvalue weighted by molar-refractivity contribution is 7.09. The van der Waals surface area contributed by atoms with Gasteiger partial charge in [-0.1, -0.05) is 18.9 Å². The van der Waals surface area contributed by atoms with E-state index in [1.807, 2.05) is 17.5 Å². The SMILES string of the molecule is O=C(CN1CCN(C2CCCC2)CC1)NC(=O)NCCc1cccs1. The van der Waals surface area contributed by atoms with Crippen LogP contribution in [0.3, 0.4) is 0 Å². The highest BCUT2D eigenvalue weighted by atomic mass is 32.1. The average Bonchev–Trinajstić information content (AvgIpc) is 3.29. The number of hydrogen-bond donors (Lipinski definition) is 2. The third-order valence-electron chi connectivity index (χ3n) is 5.11. The first-order valence-corrected chi connectivity index (χ1v) is 10.1. The van der Waals surface area contributed by atoms with E-state index >= 15 is 0 Å². The van der Waals surface area contributed by atoms with Crippen LogP contribution in [0.15, 0.2) is 17.5 Å². The summed E-state index contributed by atoms with van der Waals surface area (Å²) < 4.78 is 0. The Bertz CT molecular complexity index is 549. The molecule has 25 heavy (non-hydrogen) atoms. The zero-order chi connectivity index (χ0) is 17.5. The molecule has 0 bridgehead atoms. The Morgan fingerprint density at radius 2 is 1.92 bits per heavy atom. The molecule has 1 aromatic rings. The minimum atomic E-state index is -0.397. The molecule has 0 radical (unpaired) electrons. The number of amides is 3. The number of carbonyl (C=O) groups is 2. The summed E-state index contributed by atoms with van der Waals surface area (Å²) in [4.78, 5) is 29.7. The molecule has 2 fully saturated rings. The molecular formula is C18H28N4O2S. The number of rotatable bonds is 6. The molecule has 3 amide bonds. The molecule has 1 aromatic heterocycles. The summed E-state index contributed by atoms with van der Waals surface area (Å²) in [7, 11) is 0. The molecule has 0 unspecified atom stereocenters. The largest absolute Gasteiger partial charge is 0.337 e. The third kappa shape index (κ3) is 5.80. The Labute approximate surface area is 153 Å². The van der Waals surface area contributed by atoms with Crippen molar-refractivity contribution in [1.29, 1.82) is 0 Å². The second-order valence-electron chi connectivity index (χ2n) is 6.88. The van der Waals surface area contributed by atoms with Crippen LogP contribution in [0.5, 0.6) is 0 Å². The van der Waals surface area contributed by atoms with Gasteiger partial charge in [-0.2, -0.15) is 0 Å². The summed E-state index contributed by atoms with van der Waals surface area (Å²) in [6.07, 6.45) is 6.16. The number of carbonyl (C=O) groups excluding carboxylic acids is 2. The van der Waals surface area contributed by atoms with Gasteiger partial charge in [0.15, 0.2) is 0 Å². The van der Waals surface area contributed by atoms with E-state index in [4.69, 9.17) is 0 Å². The molecule has 2 aliphatic rings. The van der Waals surface area contributed by atoms with Crippen molar-refractivity contribution in [3.05, 3.63) is 22.4 Å². The van der Waals surface area contributed by atoms with E-state index in [1.165, 1.54) is 30.6 Å². The van der Waals surface area contributed by atoms with Gasteiger partial charge in [-0.15, -0.1) is 11.3 Å². The molecule has 0 atom stereocenters. The summed E-state index contributed by atoms with van der Waals surface area (Å²) in [5.41, 5.74) is 0. The van der Waals surface area contributed by atoms with Gasteiger partial charge < -0.3 is 5.32 Å². The Hall–Kier alpha value is -1.44. The zero-order valence-corrected chi connectivity index (χ0v) is 15.5. The van der Waals surface area contributed by atoms with Crippen molar-refractivity contribution in [2.24, 2.45) is 0 Å². The monoisotopic (exact) mass is 364 g/mol. The van der Waals surface area contributed by atoms with Crippen molar-refractivity contribution in [2.45, 2.75) is 38.1 Å². The summed E-state index contributed by atoms with van der Waals surface area (Å²) in [5.74, 6) is -0.220. The van der Waals surface area contributed by atoms with Crippen molar-refractivity contribution in [2.75, 3.05) is 39.3 Å². The molecule has 138 valence electrons. The molecule has 1 saturated heterocycles. The number of nitrogens with zero attached hydrogens (tertiary/aromatic N) is 2. The second-order valence-corrected chi connectivity index (χ2v) is 7.92. The average molecular weight is 365 g/mol. The minimum Gasteiger partial charge on any atom is -0.337 e. The second kappa shape index (κ2) is 9.31. The Balaban J connectivity index is 1.29. The quantitative estimate of drug-likeness (QED) is 0.806. The van der Waals surface area contributed by atoms with Gasteiger partial charge >= 0.3 is 6.03 Å². The van der Waals surface area contributed by atoms with Crippen LogP contribution in [0.1, 0.15) is 30.6 Å². The van der Waals surface area contributed by atoms with Gasteiger partial charge in [0.1, 0.15) is 0 Å². The van der Waals surface area contributed by atoms with E-state index in [2.05, 4.69) is 20.4 Å². The standard InChI is InChI=1S/C18H28N4O2S/c23-17(20-18(24)19-8-7-16-6-3-13-25-16)14-21-9-11-22(12-10-21)15-4-1-2-5-15/h3,6,13,15H,1-2,4-5,7-12,14H2,(H2,19,20,23,24). The fraction of sp³-hybridized carbons (Fsp3) is 0.667. The molecule has 6 nitrogen and oxygen atoms in total. The van der Waals surface area contributed by atoms with Crippen molar-refractivity contribution < 1.29 is 9.59 Å². The normalized spacial score (nSPS) is 19.8. The summed E-state index contributed by atoms with van der Waals surface area (Å²) in [6.45, 7) is 4.72. The van der Waals surface area contributed by atoms with Crippen LogP contribution in [-0.4, -0.2) is 67.0 Å². The number of imide groups is 1. The van der Waals surface area contributed by atoms with Crippen LogP contribution in [-0.2, 0) is 11.2 Å². The molecule has 2 heterocycles. The van der Waals surface area contributed by atoms with Crippen LogP contribution >= 0.6 is 11.3 Å². The van der Waals surface area contributed by atoms with Gasteiger partial charge in [0.2, 0.25) is 5.91 Å². The lowest BCUT2D eigenvalue weighted by atomic mass is 10.2. The molecule has 0 spiro atoms. The van der Waals surface area contributed by atoms with Crippen molar-refractivity contribution in [3.8, 4) is 0 Å². The maximum Gasteiger partial charge on any atom is 0.321 e. The molecule has 1 aliphatic carbocycles. The lowest BCUT2D eigenvalue weighted by molar-refractivity contribution is -0.121. The number of hydrogen-bond acceptors (Lipinski definition) is 5. The fourth-order valence-electron chi connectivity index (χ4n) is 3.72. The molecule has 2 N–H and O–H groups in total. The zero-order valence-electron chi connectivity index (χ0n) is 14.7. The smallest absolute Gasteiger partial charge is 0.321 e. The number of urea groups is 1. The Morgan fingerprint density at radius 3 is 2.60 bits per heavy atom. The van der Waals surface area contributed by atoms with Crippen LogP contribution in [0, 0.1) is 0 Å². The summed E-state index contributed by atoms with van der Waals surface area (Å²) >= 11 is 1.67. The van der Waals surface area contributed by atoms with Gasteiger partial charge in [0, 0.05) is 43.6 Å². The van der Waals surface area contributed by atoms with E-state index in [0.29, 0.717) is 13.1 Å². The van der Waals surface area contributed by atoms with Crippen molar-refractivity contribution >= 4 is 23.3 Å². The molecule has 0 aromatic carbocycles. The highest BCUT2D eigenvalue weighted by Gasteiger charge is 2.26. The van der Waals surface area contributed by atoms with Gasteiger partial charge in [-0.05, 0) is 30.7 Å². The van der Waals surface area contributed by atoms with Crippen molar-refractivity contribution in [3.63, 3.8) is 0 Å². The van der Waals surface area contributed by atoms with Crippen LogP contribution < -0.4 is 10.6 Å². The first-order valence-electron chi connectivity index (χ1n) is 9.27. The summed E-state index contributed by atoms with van der Waals surface area (Å²) in [5, 5.41) is 7.19. The molecule has 1 saturated carbocycles.